The third-order valence-corrected chi connectivity index (χ3v) is 3.39. The lowest BCUT2D eigenvalue weighted by molar-refractivity contribution is -0.384. The van der Waals surface area contributed by atoms with Gasteiger partial charge < -0.3 is 9.64 Å². The molecule has 1 fully saturated rings. The average molecular weight is 314 g/mol. The number of rotatable bonds is 4. The molecule has 1 N–H and O–H groups in total. The number of pyridine rings is 1. The largest absolute Gasteiger partial charge is 0.457 e. The van der Waals surface area contributed by atoms with E-state index in [-0.39, 0.29) is 11.7 Å². The van der Waals surface area contributed by atoms with Crippen LogP contribution in [0.25, 0.3) is 0 Å². The minimum absolute atomic E-state index is 0.00502. The van der Waals surface area contributed by atoms with Crippen LogP contribution in [0.3, 0.4) is 0 Å². The molecule has 1 aliphatic heterocycles. The number of nitrogens with one attached hydrogen (secondary N) is 1. The summed E-state index contributed by atoms with van der Waals surface area (Å²) in [5, 5.41) is 13.3. The Morgan fingerprint density at radius 1 is 1.22 bits per heavy atom. The predicted octanol–water partition coefficient (Wildman–Crippen LogP) is 3.02. The molecule has 8 heteroatoms. The SMILES string of the molecule is O=C(Nc1cc(Oc2ccc([N+](=O)[O-])cc2)ccn1)N1CCC1. The number of hydrogen-bond donors (Lipinski definition) is 1. The van der Waals surface area contributed by atoms with E-state index in [0.29, 0.717) is 17.3 Å². The van der Waals surface area contributed by atoms with Gasteiger partial charge in [-0.25, -0.2) is 9.78 Å². The molecule has 0 spiro atoms. The second kappa shape index (κ2) is 6.30. The van der Waals surface area contributed by atoms with Crippen molar-refractivity contribution in [1.82, 2.24) is 9.88 Å². The molecule has 0 aliphatic carbocycles. The lowest BCUT2D eigenvalue weighted by Gasteiger charge is -2.30. The quantitative estimate of drug-likeness (QED) is 0.691. The molecule has 2 aromatic rings. The van der Waals surface area contributed by atoms with E-state index in [1.165, 1.54) is 30.5 Å². The number of nitro benzene ring substituents is 1. The third kappa shape index (κ3) is 3.54. The van der Waals surface area contributed by atoms with Crippen LogP contribution in [0.15, 0.2) is 42.6 Å². The predicted molar refractivity (Wildman–Crippen MR) is 82.6 cm³/mol. The molecule has 2 heterocycles. The van der Waals surface area contributed by atoms with Crippen LogP contribution < -0.4 is 10.1 Å². The monoisotopic (exact) mass is 314 g/mol. The van der Waals surface area contributed by atoms with Crippen LogP contribution in [0.1, 0.15) is 6.42 Å². The minimum atomic E-state index is -0.473. The van der Waals surface area contributed by atoms with Crippen molar-refractivity contribution in [2.45, 2.75) is 6.42 Å². The molecule has 0 radical (unpaired) electrons. The first-order valence-corrected chi connectivity index (χ1v) is 7.06. The molecule has 118 valence electrons. The summed E-state index contributed by atoms with van der Waals surface area (Å²) in [6, 6.07) is 8.80. The Morgan fingerprint density at radius 2 is 1.96 bits per heavy atom. The van der Waals surface area contributed by atoms with Gasteiger partial charge in [0.25, 0.3) is 5.69 Å². The number of ether oxygens (including phenoxy) is 1. The Bertz CT molecular complexity index is 729. The average Bonchev–Trinajstić information content (AvgIpc) is 2.46. The Kier molecular flexibility index (Phi) is 4.05. The van der Waals surface area contributed by atoms with E-state index in [9.17, 15) is 14.9 Å². The highest BCUT2D eigenvalue weighted by atomic mass is 16.6. The fraction of sp³-hybridized carbons (Fsp3) is 0.200. The maximum atomic E-state index is 11.8. The van der Waals surface area contributed by atoms with Gasteiger partial charge >= 0.3 is 6.03 Å². The number of likely N-dealkylation sites (tertiary alicyclic amines) is 1. The van der Waals surface area contributed by atoms with E-state index < -0.39 is 4.92 Å². The van der Waals surface area contributed by atoms with Crippen LogP contribution in [0.2, 0.25) is 0 Å². The first-order chi connectivity index (χ1) is 11.1. The Labute approximate surface area is 131 Å². The Balaban J connectivity index is 1.67. The molecule has 2 amide bonds. The number of non-ortho nitro benzene ring substituents is 1. The highest BCUT2D eigenvalue weighted by molar-refractivity contribution is 5.88. The Hall–Kier alpha value is -3.16. The fourth-order valence-corrected chi connectivity index (χ4v) is 2.02. The van der Waals surface area contributed by atoms with Gasteiger partial charge in [0.15, 0.2) is 0 Å². The number of nitro groups is 1. The van der Waals surface area contributed by atoms with Gasteiger partial charge in [-0.1, -0.05) is 0 Å². The number of amides is 2. The van der Waals surface area contributed by atoms with Gasteiger partial charge in [-0.3, -0.25) is 15.4 Å². The second-order valence-electron chi connectivity index (χ2n) is 5.00. The summed E-state index contributed by atoms with van der Waals surface area (Å²) in [5.74, 6) is 1.33. The first-order valence-electron chi connectivity index (χ1n) is 7.06. The number of anilines is 1. The summed E-state index contributed by atoms with van der Waals surface area (Å²) in [7, 11) is 0. The lowest BCUT2D eigenvalue weighted by Crippen LogP contribution is -2.44. The summed E-state index contributed by atoms with van der Waals surface area (Å²) >= 11 is 0. The van der Waals surface area contributed by atoms with E-state index in [1.807, 2.05) is 0 Å². The zero-order valence-corrected chi connectivity index (χ0v) is 12.1. The van der Waals surface area contributed by atoms with E-state index in [4.69, 9.17) is 4.74 Å². The fourth-order valence-electron chi connectivity index (χ4n) is 2.02. The van der Waals surface area contributed by atoms with Gasteiger partial charge in [0.1, 0.15) is 17.3 Å². The number of urea groups is 1. The summed E-state index contributed by atoms with van der Waals surface area (Å²) in [6.45, 7) is 1.51. The highest BCUT2D eigenvalue weighted by Gasteiger charge is 2.20. The number of carbonyl (C=O) groups excluding carboxylic acids is 1. The lowest BCUT2D eigenvalue weighted by atomic mass is 10.2. The summed E-state index contributed by atoms with van der Waals surface area (Å²) in [4.78, 5) is 27.7. The van der Waals surface area contributed by atoms with Crippen molar-refractivity contribution >= 4 is 17.5 Å². The van der Waals surface area contributed by atoms with Gasteiger partial charge in [-0.15, -0.1) is 0 Å². The number of nitrogens with zero attached hydrogens (tertiary/aromatic N) is 3. The zero-order valence-electron chi connectivity index (χ0n) is 12.1. The van der Waals surface area contributed by atoms with Crippen LogP contribution in [-0.4, -0.2) is 33.9 Å². The van der Waals surface area contributed by atoms with E-state index in [2.05, 4.69) is 10.3 Å². The van der Waals surface area contributed by atoms with E-state index >= 15 is 0 Å². The smallest absolute Gasteiger partial charge is 0.323 e. The van der Waals surface area contributed by atoms with Crippen LogP contribution in [0.5, 0.6) is 11.5 Å². The minimum Gasteiger partial charge on any atom is -0.457 e. The maximum absolute atomic E-state index is 11.8. The van der Waals surface area contributed by atoms with Crippen LogP contribution in [-0.2, 0) is 0 Å². The molecule has 8 nitrogen and oxygen atoms in total. The van der Waals surface area contributed by atoms with Crippen molar-refractivity contribution in [1.29, 1.82) is 0 Å². The van der Waals surface area contributed by atoms with E-state index in [0.717, 1.165) is 19.5 Å². The van der Waals surface area contributed by atoms with Crippen molar-refractivity contribution in [3.05, 3.63) is 52.7 Å². The summed E-state index contributed by atoms with van der Waals surface area (Å²) in [5.41, 5.74) is -0.00502. The first kappa shape index (κ1) is 14.8. The summed E-state index contributed by atoms with van der Waals surface area (Å²) < 4.78 is 5.61. The molecule has 1 saturated heterocycles. The van der Waals surface area contributed by atoms with Gasteiger partial charge in [-0.05, 0) is 24.6 Å². The van der Waals surface area contributed by atoms with Crippen molar-refractivity contribution in [3.8, 4) is 11.5 Å². The molecule has 0 atom stereocenters. The topological polar surface area (TPSA) is 97.6 Å². The zero-order chi connectivity index (χ0) is 16.2. The number of benzene rings is 1. The number of carbonyl (C=O) groups is 1. The maximum Gasteiger partial charge on any atom is 0.323 e. The molecule has 1 aliphatic rings. The van der Waals surface area contributed by atoms with Crippen molar-refractivity contribution in [3.63, 3.8) is 0 Å². The van der Waals surface area contributed by atoms with Crippen LogP contribution in [0, 0.1) is 10.1 Å². The number of aromatic nitrogens is 1. The molecular formula is C15H14N4O4. The van der Waals surface area contributed by atoms with Gasteiger partial charge in [0.05, 0.1) is 4.92 Å². The molecule has 1 aromatic carbocycles. The molecule has 0 saturated carbocycles. The molecule has 1 aromatic heterocycles. The van der Waals surface area contributed by atoms with Crippen molar-refractivity contribution in [2.75, 3.05) is 18.4 Å². The van der Waals surface area contributed by atoms with Crippen LogP contribution >= 0.6 is 0 Å². The van der Waals surface area contributed by atoms with Crippen molar-refractivity contribution < 1.29 is 14.5 Å². The Morgan fingerprint density at radius 3 is 2.57 bits per heavy atom. The number of hydrogen-bond acceptors (Lipinski definition) is 5. The van der Waals surface area contributed by atoms with Gasteiger partial charge in [0, 0.05) is 37.5 Å². The second-order valence-corrected chi connectivity index (χ2v) is 5.00. The molecular weight excluding hydrogens is 300 g/mol. The van der Waals surface area contributed by atoms with Gasteiger partial charge in [-0.2, -0.15) is 0 Å². The van der Waals surface area contributed by atoms with Crippen molar-refractivity contribution in [2.24, 2.45) is 0 Å². The standard InChI is InChI=1S/C15H14N4O4/c20-15(18-8-1-9-18)17-14-10-13(6-7-16-14)23-12-4-2-11(3-5-12)19(21)22/h2-7,10H,1,8-9H2,(H,16,17,20). The molecule has 0 unspecified atom stereocenters. The molecule has 0 bridgehead atoms. The molecule has 23 heavy (non-hydrogen) atoms. The normalized spacial score (nSPS) is 13.1. The van der Waals surface area contributed by atoms with E-state index in [1.54, 1.807) is 17.0 Å². The highest BCUT2D eigenvalue weighted by Crippen LogP contribution is 2.25. The third-order valence-electron chi connectivity index (χ3n) is 3.39. The van der Waals surface area contributed by atoms with Gasteiger partial charge in [0.2, 0.25) is 0 Å². The van der Waals surface area contributed by atoms with Crippen LogP contribution in [0.4, 0.5) is 16.3 Å². The summed E-state index contributed by atoms with van der Waals surface area (Å²) in [6.07, 6.45) is 2.54. The molecule has 3 rings (SSSR count).